The van der Waals surface area contributed by atoms with Crippen molar-refractivity contribution in [2.45, 2.75) is 0 Å². The summed E-state index contributed by atoms with van der Waals surface area (Å²) < 4.78 is 0.810. The zero-order valence-electron chi connectivity index (χ0n) is 9.58. The number of nitrogens with one attached hydrogen (secondary N) is 1. The maximum absolute atomic E-state index is 5.95. The largest absolute Gasteiger partial charge is 0.389 e. The van der Waals surface area contributed by atoms with E-state index in [9.17, 15) is 0 Å². The summed E-state index contributed by atoms with van der Waals surface area (Å²) in [6.07, 6.45) is 0. The van der Waals surface area contributed by atoms with Gasteiger partial charge in [-0.15, -0.1) is 0 Å². The van der Waals surface area contributed by atoms with Gasteiger partial charge in [0.05, 0.1) is 5.02 Å². The molecule has 2 rings (SSSR count). The van der Waals surface area contributed by atoms with Gasteiger partial charge in [-0.3, -0.25) is 0 Å². The van der Waals surface area contributed by atoms with E-state index in [1.807, 2.05) is 18.2 Å². The van der Waals surface area contributed by atoms with Gasteiger partial charge in [-0.2, -0.15) is 0 Å². The van der Waals surface area contributed by atoms with Crippen molar-refractivity contribution in [3.05, 3.63) is 56.5 Å². The van der Waals surface area contributed by atoms with E-state index in [0.717, 1.165) is 15.8 Å². The molecule has 0 saturated heterocycles. The minimum atomic E-state index is 0.290. The summed E-state index contributed by atoms with van der Waals surface area (Å²) in [5.74, 6) is 0. The molecule has 0 fully saturated rings. The molecule has 0 aromatic heterocycles. The molecule has 0 aliphatic heterocycles. The zero-order chi connectivity index (χ0) is 14.0. The highest BCUT2D eigenvalue weighted by molar-refractivity contribution is 9.10. The molecule has 0 unspecified atom stereocenters. The Kier molecular flexibility index (Phi) is 4.68. The summed E-state index contributed by atoms with van der Waals surface area (Å²) in [5.41, 5.74) is 8.06. The van der Waals surface area contributed by atoms with Crippen LogP contribution in [0.4, 0.5) is 11.4 Å². The van der Waals surface area contributed by atoms with Crippen molar-refractivity contribution in [2.24, 2.45) is 5.73 Å². The fraction of sp³-hybridized carbons (Fsp3) is 0. The third kappa shape index (κ3) is 3.60. The Morgan fingerprint density at radius 3 is 2.53 bits per heavy atom. The van der Waals surface area contributed by atoms with Crippen LogP contribution in [0.1, 0.15) is 5.56 Å². The molecule has 0 aliphatic rings. The van der Waals surface area contributed by atoms with E-state index in [1.165, 1.54) is 0 Å². The summed E-state index contributed by atoms with van der Waals surface area (Å²) in [6.45, 7) is 0. The van der Waals surface area contributed by atoms with Gasteiger partial charge in [-0.05, 0) is 52.3 Å². The summed E-state index contributed by atoms with van der Waals surface area (Å²) >= 11 is 20.3. The average molecular weight is 376 g/mol. The van der Waals surface area contributed by atoms with Gasteiger partial charge < -0.3 is 11.1 Å². The van der Waals surface area contributed by atoms with Gasteiger partial charge in [0.1, 0.15) is 4.99 Å². The van der Waals surface area contributed by atoms with Crippen LogP contribution in [0.15, 0.2) is 40.9 Å². The lowest BCUT2D eigenvalue weighted by molar-refractivity contribution is 1.51. The highest BCUT2D eigenvalue weighted by atomic mass is 79.9. The highest BCUT2D eigenvalue weighted by Gasteiger charge is 2.07. The molecular formula is C13H9BrCl2N2S. The highest BCUT2D eigenvalue weighted by Crippen LogP contribution is 2.29. The molecule has 0 spiro atoms. The summed E-state index contributed by atoms with van der Waals surface area (Å²) in [4.78, 5) is 0.290. The van der Waals surface area contributed by atoms with Crippen molar-refractivity contribution < 1.29 is 0 Å². The number of halogens is 3. The van der Waals surface area contributed by atoms with Crippen LogP contribution in [0.2, 0.25) is 10.0 Å². The summed E-state index contributed by atoms with van der Waals surface area (Å²) in [5, 5.41) is 4.47. The van der Waals surface area contributed by atoms with E-state index in [1.54, 1.807) is 18.2 Å². The van der Waals surface area contributed by atoms with E-state index < -0.39 is 0 Å². The van der Waals surface area contributed by atoms with E-state index in [0.29, 0.717) is 15.6 Å². The van der Waals surface area contributed by atoms with Gasteiger partial charge in [-0.25, -0.2) is 0 Å². The molecule has 0 heterocycles. The normalized spacial score (nSPS) is 10.3. The van der Waals surface area contributed by atoms with Crippen LogP contribution in [0.5, 0.6) is 0 Å². The SMILES string of the molecule is NC(=S)c1cc(Cl)ccc1Nc1ccc(Cl)c(Br)c1. The Labute approximate surface area is 135 Å². The number of hydrogen-bond donors (Lipinski definition) is 2. The standard InChI is InChI=1S/C13H9BrCl2N2S/c14-10-6-8(2-3-11(10)16)18-12-4-1-7(15)5-9(12)13(17)19/h1-6,18H,(H2,17,19). The third-order valence-corrected chi connectivity index (χ3v) is 4.11. The monoisotopic (exact) mass is 374 g/mol. The predicted octanol–water partition coefficient (Wildman–Crippen LogP) is 5.13. The lowest BCUT2D eigenvalue weighted by Gasteiger charge is -2.12. The Morgan fingerprint density at radius 2 is 1.89 bits per heavy atom. The number of benzene rings is 2. The molecule has 0 bridgehead atoms. The van der Waals surface area contributed by atoms with Gasteiger partial charge in [0, 0.05) is 26.4 Å². The topological polar surface area (TPSA) is 38.0 Å². The lowest BCUT2D eigenvalue weighted by atomic mass is 10.1. The van der Waals surface area contributed by atoms with Crippen molar-refractivity contribution >= 4 is 67.7 Å². The minimum Gasteiger partial charge on any atom is -0.389 e. The molecule has 19 heavy (non-hydrogen) atoms. The first-order chi connectivity index (χ1) is 8.97. The van der Waals surface area contributed by atoms with Crippen LogP contribution in [0.3, 0.4) is 0 Å². The molecule has 0 radical (unpaired) electrons. The molecule has 6 heteroatoms. The third-order valence-electron chi connectivity index (χ3n) is 2.45. The predicted molar refractivity (Wildman–Crippen MR) is 89.8 cm³/mol. The first-order valence-electron chi connectivity index (χ1n) is 5.29. The molecule has 2 aromatic carbocycles. The fourth-order valence-electron chi connectivity index (χ4n) is 1.56. The number of anilines is 2. The van der Waals surface area contributed by atoms with Crippen molar-refractivity contribution in [2.75, 3.05) is 5.32 Å². The first kappa shape index (κ1) is 14.6. The average Bonchev–Trinajstić information content (AvgIpc) is 2.36. The van der Waals surface area contributed by atoms with E-state index in [-0.39, 0.29) is 4.99 Å². The second-order valence-corrected chi connectivity index (χ2v) is 5.95. The molecule has 3 N–H and O–H groups in total. The molecule has 2 aromatic rings. The van der Waals surface area contributed by atoms with Crippen molar-refractivity contribution in [1.82, 2.24) is 0 Å². The minimum absolute atomic E-state index is 0.290. The second kappa shape index (κ2) is 6.09. The Morgan fingerprint density at radius 1 is 1.16 bits per heavy atom. The van der Waals surface area contributed by atoms with E-state index in [4.69, 9.17) is 41.2 Å². The Hall–Kier alpha value is -0.810. The molecule has 0 saturated carbocycles. The van der Waals surface area contributed by atoms with Crippen LogP contribution < -0.4 is 11.1 Å². The van der Waals surface area contributed by atoms with Gasteiger partial charge in [0.25, 0.3) is 0 Å². The van der Waals surface area contributed by atoms with Crippen LogP contribution >= 0.6 is 51.3 Å². The van der Waals surface area contributed by atoms with Crippen molar-refractivity contribution in [1.29, 1.82) is 0 Å². The van der Waals surface area contributed by atoms with Crippen molar-refractivity contribution in [3.63, 3.8) is 0 Å². The van der Waals surface area contributed by atoms with Gasteiger partial charge in [-0.1, -0.05) is 35.4 Å². The van der Waals surface area contributed by atoms with Crippen LogP contribution in [0.25, 0.3) is 0 Å². The Bertz CT molecular complexity index is 647. The molecule has 0 atom stereocenters. The fourth-order valence-corrected chi connectivity index (χ4v) is 2.40. The second-order valence-electron chi connectivity index (χ2n) is 3.81. The summed E-state index contributed by atoms with van der Waals surface area (Å²) in [6, 6.07) is 10.9. The zero-order valence-corrected chi connectivity index (χ0v) is 13.5. The molecule has 2 nitrogen and oxygen atoms in total. The summed E-state index contributed by atoms with van der Waals surface area (Å²) in [7, 11) is 0. The van der Waals surface area contributed by atoms with Gasteiger partial charge in [0.15, 0.2) is 0 Å². The van der Waals surface area contributed by atoms with Crippen molar-refractivity contribution in [3.8, 4) is 0 Å². The number of nitrogens with two attached hydrogens (primary N) is 1. The number of hydrogen-bond acceptors (Lipinski definition) is 2. The lowest BCUT2D eigenvalue weighted by Crippen LogP contribution is -2.11. The van der Waals surface area contributed by atoms with Gasteiger partial charge >= 0.3 is 0 Å². The van der Waals surface area contributed by atoms with Crippen LogP contribution in [-0.4, -0.2) is 4.99 Å². The van der Waals surface area contributed by atoms with Crippen LogP contribution in [0, 0.1) is 0 Å². The molecular weight excluding hydrogens is 367 g/mol. The van der Waals surface area contributed by atoms with E-state index in [2.05, 4.69) is 21.2 Å². The number of rotatable bonds is 3. The van der Waals surface area contributed by atoms with Gasteiger partial charge in [0.2, 0.25) is 0 Å². The number of thiocarbonyl (C=S) groups is 1. The van der Waals surface area contributed by atoms with E-state index >= 15 is 0 Å². The smallest absolute Gasteiger partial charge is 0.106 e. The van der Waals surface area contributed by atoms with Crippen LogP contribution in [-0.2, 0) is 0 Å². The molecule has 98 valence electrons. The first-order valence-corrected chi connectivity index (χ1v) is 7.24. The maximum atomic E-state index is 5.95. The quantitative estimate of drug-likeness (QED) is 0.730. The molecule has 0 aliphatic carbocycles. The molecule has 0 amide bonds. The Balaban J connectivity index is 2.37. The maximum Gasteiger partial charge on any atom is 0.106 e.